The number of carbonyl (C=O) groups excluding carboxylic acids is 1. The second kappa shape index (κ2) is 6.73. The third-order valence-corrected chi connectivity index (χ3v) is 5.58. The summed E-state index contributed by atoms with van der Waals surface area (Å²) in [5.74, 6) is 0.503. The molecule has 0 aliphatic rings. The van der Waals surface area contributed by atoms with Crippen LogP contribution < -0.4 is 5.32 Å². The zero-order valence-corrected chi connectivity index (χ0v) is 15.3. The van der Waals surface area contributed by atoms with Gasteiger partial charge in [-0.25, -0.2) is 0 Å². The van der Waals surface area contributed by atoms with Crippen LogP contribution >= 0.6 is 27.3 Å². The number of amides is 1. The number of hydrogen-bond acceptors (Lipinski definition) is 5. The summed E-state index contributed by atoms with van der Waals surface area (Å²) in [6, 6.07) is 7.91. The zero-order chi connectivity index (χ0) is 17.2. The third kappa shape index (κ3) is 3.18. The topological polar surface area (TPSA) is 83.6 Å². The highest BCUT2D eigenvalue weighted by atomic mass is 79.9. The number of nitrogens with one attached hydrogen (secondary N) is 2. The van der Waals surface area contributed by atoms with Crippen LogP contribution in [0.15, 0.2) is 52.8 Å². The van der Waals surface area contributed by atoms with Crippen molar-refractivity contribution in [3.63, 3.8) is 0 Å². The standard InChI is InChI=1S/C17H12BrN5OS/c18-13-8-25-17(15(13)16-20-9-21-23-16)22-14(24)5-11-7-19-6-10-3-1-2-4-12(10)11/h1-4,6-9H,5H2,(H,22,24)(H,20,21,23). The molecule has 0 fully saturated rings. The molecule has 0 saturated heterocycles. The number of rotatable bonds is 4. The Labute approximate surface area is 155 Å². The summed E-state index contributed by atoms with van der Waals surface area (Å²) >= 11 is 4.92. The number of benzene rings is 1. The van der Waals surface area contributed by atoms with Crippen LogP contribution in [0.3, 0.4) is 0 Å². The van der Waals surface area contributed by atoms with E-state index in [4.69, 9.17) is 0 Å². The average Bonchev–Trinajstić information content (AvgIpc) is 3.25. The van der Waals surface area contributed by atoms with Gasteiger partial charge in [0.1, 0.15) is 11.3 Å². The highest BCUT2D eigenvalue weighted by molar-refractivity contribution is 9.10. The number of aromatic nitrogens is 4. The molecule has 6 nitrogen and oxygen atoms in total. The molecule has 1 aromatic carbocycles. The van der Waals surface area contributed by atoms with Crippen LogP contribution in [0, 0.1) is 0 Å². The van der Waals surface area contributed by atoms with Gasteiger partial charge in [0.2, 0.25) is 5.91 Å². The normalized spacial score (nSPS) is 10.9. The van der Waals surface area contributed by atoms with Crippen molar-refractivity contribution in [1.29, 1.82) is 0 Å². The number of carbonyl (C=O) groups is 1. The summed E-state index contributed by atoms with van der Waals surface area (Å²) in [5.41, 5.74) is 1.69. The molecule has 0 bridgehead atoms. The molecule has 2 N–H and O–H groups in total. The van der Waals surface area contributed by atoms with Crippen molar-refractivity contribution >= 4 is 48.9 Å². The summed E-state index contributed by atoms with van der Waals surface area (Å²) in [5, 5.41) is 15.5. The van der Waals surface area contributed by atoms with Gasteiger partial charge in [0.25, 0.3) is 0 Å². The molecule has 0 aliphatic heterocycles. The lowest BCUT2D eigenvalue weighted by Gasteiger charge is -2.07. The Morgan fingerprint density at radius 1 is 1.28 bits per heavy atom. The number of fused-ring (bicyclic) bond motifs is 1. The van der Waals surface area contributed by atoms with Gasteiger partial charge in [0.15, 0.2) is 5.82 Å². The molecular formula is C17H12BrN5OS. The number of H-pyrrole nitrogens is 1. The summed E-state index contributed by atoms with van der Waals surface area (Å²) in [6.45, 7) is 0. The number of halogens is 1. The fourth-order valence-corrected chi connectivity index (χ4v) is 4.28. The Kier molecular flexibility index (Phi) is 4.29. The van der Waals surface area contributed by atoms with Crippen molar-refractivity contribution < 1.29 is 4.79 Å². The lowest BCUT2D eigenvalue weighted by Crippen LogP contribution is -2.14. The number of aromatic amines is 1. The highest BCUT2D eigenvalue weighted by Crippen LogP contribution is 2.38. The first-order valence-corrected chi connectivity index (χ1v) is 9.14. The van der Waals surface area contributed by atoms with Gasteiger partial charge in [0.05, 0.1) is 12.0 Å². The van der Waals surface area contributed by atoms with Gasteiger partial charge in [-0.3, -0.25) is 9.78 Å². The van der Waals surface area contributed by atoms with Crippen LogP contribution in [-0.4, -0.2) is 26.1 Å². The minimum Gasteiger partial charge on any atom is -0.327 e. The molecule has 4 aromatic rings. The zero-order valence-electron chi connectivity index (χ0n) is 12.9. The molecule has 1 amide bonds. The van der Waals surface area contributed by atoms with E-state index >= 15 is 0 Å². The predicted octanol–water partition coefficient (Wildman–Crippen LogP) is 4.03. The van der Waals surface area contributed by atoms with Gasteiger partial charge in [0, 0.05) is 27.6 Å². The Hall–Kier alpha value is -2.58. The van der Waals surface area contributed by atoms with Gasteiger partial charge >= 0.3 is 0 Å². The van der Waals surface area contributed by atoms with Crippen molar-refractivity contribution in [3.8, 4) is 11.4 Å². The number of thiophene rings is 1. The fraction of sp³-hybridized carbons (Fsp3) is 0.0588. The van der Waals surface area contributed by atoms with Gasteiger partial charge in [-0.05, 0) is 26.9 Å². The summed E-state index contributed by atoms with van der Waals surface area (Å²) < 4.78 is 0.858. The summed E-state index contributed by atoms with van der Waals surface area (Å²) in [6.07, 6.45) is 5.30. The lowest BCUT2D eigenvalue weighted by atomic mass is 10.1. The molecule has 0 aliphatic carbocycles. The maximum Gasteiger partial charge on any atom is 0.229 e. The van der Waals surface area contributed by atoms with Crippen molar-refractivity contribution in [1.82, 2.24) is 20.2 Å². The van der Waals surface area contributed by atoms with Crippen molar-refractivity contribution in [2.24, 2.45) is 0 Å². The van der Waals surface area contributed by atoms with Crippen LogP contribution in [-0.2, 0) is 11.2 Å². The molecular weight excluding hydrogens is 402 g/mol. The van der Waals surface area contributed by atoms with Gasteiger partial charge in [-0.2, -0.15) is 0 Å². The number of nitrogens with zero attached hydrogens (tertiary/aromatic N) is 3. The molecule has 3 aromatic heterocycles. The smallest absolute Gasteiger partial charge is 0.229 e. The van der Waals surface area contributed by atoms with Crippen molar-refractivity contribution in [3.05, 3.63) is 58.4 Å². The fourth-order valence-electron chi connectivity index (χ4n) is 2.64. The van der Waals surface area contributed by atoms with E-state index in [1.165, 1.54) is 17.7 Å². The Morgan fingerprint density at radius 3 is 3.00 bits per heavy atom. The highest BCUT2D eigenvalue weighted by Gasteiger charge is 2.17. The predicted molar refractivity (Wildman–Crippen MR) is 101 cm³/mol. The Bertz CT molecular complexity index is 1040. The van der Waals surface area contributed by atoms with Crippen LogP contribution in [0.4, 0.5) is 5.00 Å². The molecule has 8 heteroatoms. The van der Waals surface area contributed by atoms with Crippen LogP contribution in [0.2, 0.25) is 0 Å². The maximum atomic E-state index is 12.6. The largest absolute Gasteiger partial charge is 0.327 e. The number of pyridine rings is 1. The Morgan fingerprint density at radius 2 is 2.16 bits per heavy atom. The SMILES string of the molecule is O=C(Cc1cncc2ccccc12)Nc1scc(Br)c1-c1nnc[nH]1. The quantitative estimate of drug-likeness (QED) is 0.528. The van der Waals surface area contributed by atoms with Crippen LogP contribution in [0.5, 0.6) is 0 Å². The molecule has 0 radical (unpaired) electrons. The molecule has 0 unspecified atom stereocenters. The average molecular weight is 414 g/mol. The van der Waals surface area contributed by atoms with E-state index in [2.05, 4.69) is 41.4 Å². The van der Waals surface area contributed by atoms with Gasteiger partial charge in [-0.1, -0.05) is 24.3 Å². The minimum absolute atomic E-state index is 0.103. The first-order valence-electron chi connectivity index (χ1n) is 7.47. The van der Waals surface area contributed by atoms with Crippen molar-refractivity contribution in [2.75, 3.05) is 5.32 Å². The first kappa shape index (κ1) is 15.9. The lowest BCUT2D eigenvalue weighted by molar-refractivity contribution is -0.115. The van der Waals surface area contributed by atoms with E-state index in [0.29, 0.717) is 5.82 Å². The van der Waals surface area contributed by atoms with E-state index in [0.717, 1.165) is 31.4 Å². The summed E-state index contributed by atoms with van der Waals surface area (Å²) in [4.78, 5) is 19.8. The van der Waals surface area contributed by atoms with Gasteiger partial charge < -0.3 is 10.3 Å². The minimum atomic E-state index is -0.103. The van der Waals surface area contributed by atoms with E-state index in [-0.39, 0.29) is 12.3 Å². The van der Waals surface area contributed by atoms with Crippen molar-refractivity contribution in [2.45, 2.75) is 6.42 Å². The van der Waals surface area contributed by atoms with E-state index in [1.54, 1.807) is 12.4 Å². The first-order chi connectivity index (χ1) is 12.2. The number of anilines is 1. The molecule has 3 heterocycles. The molecule has 4 rings (SSSR count). The van der Waals surface area contributed by atoms with E-state index in [1.807, 2.05) is 29.6 Å². The molecule has 0 atom stereocenters. The van der Waals surface area contributed by atoms with E-state index < -0.39 is 0 Å². The van der Waals surface area contributed by atoms with E-state index in [9.17, 15) is 4.79 Å². The maximum absolute atomic E-state index is 12.6. The molecule has 0 saturated carbocycles. The molecule has 25 heavy (non-hydrogen) atoms. The third-order valence-electron chi connectivity index (χ3n) is 3.75. The Balaban J connectivity index is 1.59. The molecule has 0 spiro atoms. The second-order valence-corrected chi connectivity index (χ2v) is 7.10. The molecule has 124 valence electrons. The van der Waals surface area contributed by atoms with Crippen LogP contribution in [0.1, 0.15) is 5.56 Å². The number of hydrogen-bond donors (Lipinski definition) is 2. The van der Waals surface area contributed by atoms with Gasteiger partial charge in [-0.15, -0.1) is 21.5 Å². The second-order valence-electron chi connectivity index (χ2n) is 5.37. The summed E-state index contributed by atoms with van der Waals surface area (Å²) in [7, 11) is 0. The van der Waals surface area contributed by atoms with Crippen LogP contribution in [0.25, 0.3) is 22.2 Å². The monoisotopic (exact) mass is 413 g/mol.